The van der Waals surface area contributed by atoms with Crippen LogP contribution in [0.15, 0.2) is 35.9 Å². The van der Waals surface area contributed by atoms with Crippen molar-refractivity contribution in [3.05, 3.63) is 46.5 Å². The molecule has 0 bridgehead atoms. The zero-order valence-corrected chi connectivity index (χ0v) is 11.4. The SMILES string of the molecule is C[C@H]1CC=C(C(=O)O)[C@](C)(c2ccc(Cl)cc2)C1. The topological polar surface area (TPSA) is 37.3 Å². The van der Waals surface area contributed by atoms with Crippen LogP contribution in [-0.4, -0.2) is 11.1 Å². The monoisotopic (exact) mass is 264 g/mol. The van der Waals surface area contributed by atoms with E-state index in [-0.39, 0.29) is 0 Å². The third-order valence-corrected chi connectivity index (χ3v) is 4.04. The molecule has 0 radical (unpaired) electrons. The number of hydrogen-bond acceptors (Lipinski definition) is 1. The van der Waals surface area contributed by atoms with E-state index in [0.717, 1.165) is 18.4 Å². The minimum absolute atomic E-state index is 0.423. The summed E-state index contributed by atoms with van der Waals surface area (Å²) in [5.41, 5.74) is 1.10. The molecular formula is C15H17ClO2. The van der Waals surface area contributed by atoms with Gasteiger partial charge in [-0.1, -0.05) is 43.7 Å². The average Bonchev–Trinajstić information content (AvgIpc) is 2.28. The normalized spacial score (nSPS) is 27.7. The lowest BCUT2D eigenvalue weighted by molar-refractivity contribution is -0.133. The van der Waals surface area contributed by atoms with Crippen molar-refractivity contribution in [1.82, 2.24) is 0 Å². The summed E-state index contributed by atoms with van der Waals surface area (Å²) < 4.78 is 0. The molecule has 3 heteroatoms. The summed E-state index contributed by atoms with van der Waals surface area (Å²) in [5, 5.41) is 10.1. The molecule has 0 aliphatic heterocycles. The van der Waals surface area contributed by atoms with Crippen molar-refractivity contribution in [2.24, 2.45) is 5.92 Å². The Bertz CT molecular complexity index is 490. The maximum Gasteiger partial charge on any atom is 0.332 e. The van der Waals surface area contributed by atoms with Gasteiger partial charge in [0.15, 0.2) is 0 Å². The summed E-state index contributed by atoms with van der Waals surface area (Å²) in [4.78, 5) is 11.4. The van der Waals surface area contributed by atoms with Gasteiger partial charge in [0.25, 0.3) is 0 Å². The average molecular weight is 265 g/mol. The number of aliphatic carboxylic acids is 1. The van der Waals surface area contributed by atoms with E-state index in [2.05, 4.69) is 6.92 Å². The quantitative estimate of drug-likeness (QED) is 0.875. The molecule has 18 heavy (non-hydrogen) atoms. The highest BCUT2D eigenvalue weighted by atomic mass is 35.5. The van der Waals surface area contributed by atoms with Crippen LogP contribution in [0.5, 0.6) is 0 Å². The van der Waals surface area contributed by atoms with E-state index in [9.17, 15) is 9.90 Å². The summed E-state index contributed by atoms with van der Waals surface area (Å²) in [5.74, 6) is -0.326. The summed E-state index contributed by atoms with van der Waals surface area (Å²) in [7, 11) is 0. The number of hydrogen-bond donors (Lipinski definition) is 1. The van der Waals surface area contributed by atoms with E-state index in [4.69, 9.17) is 11.6 Å². The van der Waals surface area contributed by atoms with Crippen LogP contribution in [-0.2, 0) is 10.2 Å². The molecule has 0 saturated carbocycles. The van der Waals surface area contributed by atoms with Gasteiger partial charge < -0.3 is 5.11 Å². The van der Waals surface area contributed by atoms with E-state index in [1.165, 1.54) is 0 Å². The van der Waals surface area contributed by atoms with Gasteiger partial charge >= 0.3 is 5.97 Å². The second kappa shape index (κ2) is 4.77. The van der Waals surface area contributed by atoms with Crippen LogP contribution in [0.2, 0.25) is 5.02 Å². The number of carboxylic acid groups (broad SMARTS) is 1. The molecule has 2 nitrogen and oxygen atoms in total. The Hall–Kier alpha value is -1.28. The predicted octanol–water partition coefficient (Wildman–Crippen LogP) is 4.04. The first kappa shape index (κ1) is 13.2. The van der Waals surface area contributed by atoms with E-state index in [0.29, 0.717) is 16.5 Å². The molecule has 1 aromatic rings. The van der Waals surface area contributed by atoms with E-state index in [1.807, 2.05) is 37.3 Å². The van der Waals surface area contributed by atoms with Gasteiger partial charge in [-0.3, -0.25) is 0 Å². The summed E-state index contributed by atoms with van der Waals surface area (Å²) in [6, 6.07) is 7.50. The van der Waals surface area contributed by atoms with Crippen molar-refractivity contribution >= 4 is 17.6 Å². The third kappa shape index (κ3) is 2.30. The molecule has 1 aromatic carbocycles. The standard InChI is InChI=1S/C15H17ClO2/c1-10-3-8-13(14(17)18)15(2,9-10)11-4-6-12(16)7-5-11/h4-8,10H,3,9H2,1-2H3,(H,17,18)/t10-,15-/m0/s1. The fourth-order valence-corrected chi connectivity index (χ4v) is 2.97. The van der Waals surface area contributed by atoms with Crippen LogP contribution in [0.25, 0.3) is 0 Å². The zero-order valence-electron chi connectivity index (χ0n) is 10.6. The van der Waals surface area contributed by atoms with Crippen LogP contribution in [0.1, 0.15) is 32.3 Å². The lowest BCUT2D eigenvalue weighted by atomic mass is 9.66. The van der Waals surface area contributed by atoms with Crippen molar-refractivity contribution in [3.8, 4) is 0 Å². The van der Waals surface area contributed by atoms with Gasteiger partial charge in [-0.25, -0.2) is 4.79 Å². The maximum atomic E-state index is 11.4. The van der Waals surface area contributed by atoms with E-state index < -0.39 is 11.4 Å². The number of halogens is 1. The molecule has 0 heterocycles. The van der Waals surface area contributed by atoms with Gasteiger partial charge in [0.1, 0.15) is 0 Å². The van der Waals surface area contributed by atoms with Gasteiger partial charge in [-0.05, 0) is 36.5 Å². The van der Waals surface area contributed by atoms with E-state index >= 15 is 0 Å². The number of allylic oxidation sites excluding steroid dienone is 1. The fraction of sp³-hybridized carbons (Fsp3) is 0.400. The maximum absolute atomic E-state index is 11.4. The van der Waals surface area contributed by atoms with Gasteiger partial charge in [-0.2, -0.15) is 0 Å². The lowest BCUT2D eigenvalue weighted by Gasteiger charge is -2.37. The van der Waals surface area contributed by atoms with Gasteiger partial charge in [0, 0.05) is 16.0 Å². The molecule has 1 aliphatic carbocycles. The van der Waals surface area contributed by atoms with Crippen LogP contribution in [0, 0.1) is 5.92 Å². The molecule has 1 aliphatic rings. The molecule has 0 spiro atoms. The summed E-state index contributed by atoms with van der Waals surface area (Å²) in [6.07, 6.45) is 3.56. The predicted molar refractivity (Wildman–Crippen MR) is 72.9 cm³/mol. The first-order valence-corrected chi connectivity index (χ1v) is 6.51. The fourth-order valence-electron chi connectivity index (χ4n) is 2.85. The van der Waals surface area contributed by atoms with Crippen molar-refractivity contribution in [1.29, 1.82) is 0 Å². The van der Waals surface area contributed by atoms with Crippen molar-refractivity contribution in [2.75, 3.05) is 0 Å². The zero-order chi connectivity index (χ0) is 13.3. The number of rotatable bonds is 2. The Kier molecular flexibility index (Phi) is 3.49. The number of benzene rings is 1. The highest BCUT2D eigenvalue weighted by molar-refractivity contribution is 6.30. The third-order valence-electron chi connectivity index (χ3n) is 3.79. The number of carbonyl (C=O) groups is 1. The highest BCUT2D eigenvalue weighted by Crippen LogP contribution is 2.42. The van der Waals surface area contributed by atoms with Crippen LogP contribution in [0.4, 0.5) is 0 Å². The molecular weight excluding hydrogens is 248 g/mol. The van der Waals surface area contributed by atoms with Crippen LogP contribution >= 0.6 is 11.6 Å². The second-order valence-corrected chi connectivity index (χ2v) is 5.74. The molecule has 2 atom stereocenters. The molecule has 0 saturated heterocycles. The number of carboxylic acids is 1. The Balaban J connectivity index is 2.49. The Labute approximate surface area is 112 Å². The molecule has 0 fully saturated rings. The van der Waals surface area contributed by atoms with Gasteiger partial charge in [0.2, 0.25) is 0 Å². The molecule has 0 unspecified atom stereocenters. The minimum Gasteiger partial charge on any atom is -0.478 e. The van der Waals surface area contributed by atoms with Crippen LogP contribution in [0.3, 0.4) is 0 Å². The largest absolute Gasteiger partial charge is 0.478 e. The molecule has 1 N–H and O–H groups in total. The molecule has 2 rings (SSSR count). The van der Waals surface area contributed by atoms with Gasteiger partial charge in [-0.15, -0.1) is 0 Å². The lowest BCUT2D eigenvalue weighted by Crippen LogP contribution is -2.34. The Morgan fingerprint density at radius 1 is 1.39 bits per heavy atom. The second-order valence-electron chi connectivity index (χ2n) is 5.31. The molecule has 0 amide bonds. The Morgan fingerprint density at radius 2 is 2.00 bits per heavy atom. The first-order valence-electron chi connectivity index (χ1n) is 6.13. The Morgan fingerprint density at radius 3 is 2.56 bits per heavy atom. The van der Waals surface area contributed by atoms with Crippen molar-refractivity contribution in [3.63, 3.8) is 0 Å². The minimum atomic E-state index is -0.820. The smallest absolute Gasteiger partial charge is 0.332 e. The summed E-state index contributed by atoms with van der Waals surface area (Å²) >= 11 is 5.89. The first-order chi connectivity index (χ1) is 8.43. The molecule has 0 aromatic heterocycles. The van der Waals surface area contributed by atoms with Crippen molar-refractivity contribution in [2.45, 2.75) is 32.1 Å². The van der Waals surface area contributed by atoms with Crippen molar-refractivity contribution < 1.29 is 9.90 Å². The van der Waals surface area contributed by atoms with E-state index in [1.54, 1.807) is 0 Å². The summed E-state index contributed by atoms with van der Waals surface area (Å²) in [6.45, 7) is 4.16. The van der Waals surface area contributed by atoms with Crippen LogP contribution < -0.4 is 0 Å². The highest BCUT2D eigenvalue weighted by Gasteiger charge is 2.38. The van der Waals surface area contributed by atoms with Gasteiger partial charge in [0.05, 0.1) is 0 Å². The molecule has 96 valence electrons.